The number of hydrogen-bond donors (Lipinski definition) is 1. The summed E-state index contributed by atoms with van der Waals surface area (Å²) in [6.07, 6.45) is 4.24. The topological polar surface area (TPSA) is 76.6 Å². The Labute approximate surface area is 160 Å². The second-order valence-electron chi connectivity index (χ2n) is 6.81. The van der Waals surface area contributed by atoms with E-state index in [2.05, 4.69) is 16.4 Å². The maximum atomic E-state index is 12.4. The van der Waals surface area contributed by atoms with Crippen molar-refractivity contribution in [3.63, 3.8) is 0 Å². The van der Waals surface area contributed by atoms with Gasteiger partial charge in [-0.05, 0) is 31.0 Å². The fraction of sp³-hybridized carbons (Fsp3) is 0.550. The Bertz CT molecular complexity index is 768. The number of aromatic nitrogens is 2. The van der Waals surface area contributed by atoms with Gasteiger partial charge >= 0.3 is 0 Å². The number of hydrogen-bond acceptors (Lipinski definition) is 6. The molecule has 0 aliphatic carbocycles. The van der Waals surface area contributed by atoms with Crippen LogP contribution >= 0.6 is 0 Å². The summed E-state index contributed by atoms with van der Waals surface area (Å²) in [6, 6.07) is 6.00. The maximum Gasteiger partial charge on any atom is 0.224 e. The second-order valence-corrected chi connectivity index (χ2v) is 6.81. The van der Waals surface area contributed by atoms with Crippen molar-refractivity contribution >= 4 is 22.6 Å². The van der Waals surface area contributed by atoms with E-state index in [0.717, 1.165) is 41.8 Å². The highest BCUT2D eigenvalue weighted by Gasteiger charge is 2.26. The first-order chi connectivity index (χ1) is 13.2. The lowest BCUT2D eigenvalue weighted by atomic mass is 9.93. The van der Waals surface area contributed by atoms with Crippen molar-refractivity contribution in [2.45, 2.75) is 25.2 Å². The molecule has 0 radical (unpaired) electrons. The van der Waals surface area contributed by atoms with E-state index in [1.165, 1.54) is 0 Å². The number of methoxy groups -OCH3 is 2. The molecule has 27 heavy (non-hydrogen) atoms. The van der Waals surface area contributed by atoms with E-state index >= 15 is 0 Å². The standard InChI is InChI=1S/C20H28N4O3/c1-26-11-7-19(25)24-10-4-5-15(14-24)17-13-18-16(6-3-8-21-18)20(23-17)22-9-12-27-2/h3,6,8,13,15H,4-5,7,9-12,14H2,1-2H3,(H,22,23)/t15-/m1/s1. The Balaban J connectivity index is 1.81. The third-order valence-electron chi connectivity index (χ3n) is 4.93. The molecule has 2 aromatic rings. The lowest BCUT2D eigenvalue weighted by Crippen LogP contribution is -2.39. The third kappa shape index (κ3) is 4.93. The summed E-state index contributed by atoms with van der Waals surface area (Å²) in [5, 5.41) is 4.36. The van der Waals surface area contributed by atoms with E-state index in [4.69, 9.17) is 14.5 Å². The third-order valence-corrected chi connectivity index (χ3v) is 4.93. The molecule has 1 N–H and O–H groups in total. The van der Waals surface area contributed by atoms with Gasteiger partial charge < -0.3 is 19.7 Å². The molecule has 0 aromatic carbocycles. The highest BCUT2D eigenvalue weighted by Crippen LogP contribution is 2.30. The number of piperidine rings is 1. The van der Waals surface area contributed by atoms with Crippen molar-refractivity contribution in [3.8, 4) is 0 Å². The largest absolute Gasteiger partial charge is 0.384 e. The van der Waals surface area contributed by atoms with Crippen molar-refractivity contribution < 1.29 is 14.3 Å². The van der Waals surface area contributed by atoms with Gasteiger partial charge in [0.25, 0.3) is 0 Å². The minimum Gasteiger partial charge on any atom is -0.384 e. The lowest BCUT2D eigenvalue weighted by molar-refractivity contribution is -0.133. The molecule has 0 bridgehead atoms. The summed E-state index contributed by atoms with van der Waals surface area (Å²) < 4.78 is 10.2. The van der Waals surface area contributed by atoms with Crippen LogP contribution in [0.5, 0.6) is 0 Å². The number of rotatable bonds is 8. The molecule has 1 atom stereocenters. The van der Waals surface area contributed by atoms with E-state index in [1.54, 1.807) is 20.4 Å². The molecule has 0 unspecified atom stereocenters. The van der Waals surface area contributed by atoms with E-state index in [0.29, 0.717) is 32.7 Å². The molecule has 1 amide bonds. The normalized spacial score (nSPS) is 17.3. The number of anilines is 1. The fourth-order valence-electron chi connectivity index (χ4n) is 3.50. The lowest BCUT2D eigenvalue weighted by Gasteiger charge is -2.33. The Morgan fingerprint density at radius 1 is 1.33 bits per heavy atom. The summed E-state index contributed by atoms with van der Waals surface area (Å²) in [4.78, 5) is 23.7. The zero-order chi connectivity index (χ0) is 19.1. The van der Waals surface area contributed by atoms with Crippen molar-refractivity contribution in [2.24, 2.45) is 0 Å². The SMILES string of the molecule is COCCNc1nc([C@@H]2CCCN(C(=O)CCOC)C2)cc2ncccc12. The highest BCUT2D eigenvalue weighted by molar-refractivity contribution is 5.89. The van der Waals surface area contributed by atoms with Crippen molar-refractivity contribution in [3.05, 3.63) is 30.1 Å². The van der Waals surface area contributed by atoms with Crippen LogP contribution in [0, 0.1) is 0 Å². The van der Waals surface area contributed by atoms with Gasteiger partial charge in [0.2, 0.25) is 5.91 Å². The van der Waals surface area contributed by atoms with Crippen molar-refractivity contribution in [1.29, 1.82) is 0 Å². The summed E-state index contributed by atoms with van der Waals surface area (Å²) >= 11 is 0. The van der Waals surface area contributed by atoms with Gasteiger partial charge in [0.15, 0.2) is 0 Å². The molecular weight excluding hydrogens is 344 g/mol. The van der Waals surface area contributed by atoms with Crippen LogP contribution in [0.15, 0.2) is 24.4 Å². The molecule has 1 aliphatic heterocycles. The number of carbonyl (C=O) groups is 1. The summed E-state index contributed by atoms with van der Waals surface area (Å²) in [5.41, 5.74) is 1.91. The number of nitrogens with zero attached hydrogens (tertiary/aromatic N) is 3. The Hall–Kier alpha value is -2.25. The predicted molar refractivity (Wildman–Crippen MR) is 105 cm³/mol. The Morgan fingerprint density at radius 3 is 3.00 bits per heavy atom. The molecule has 3 heterocycles. The summed E-state index contributed by atoms with van der Waals surface area (Å²) in [6.45, 7) is 3.27. The number of likely N-dealkylation sites (tertiary alicyclic amines) is 1. The molecule has 7 heteroatoms. The van der Waals surface area contributed by atoms with Crippen LogP contribution in [-0.4, -0.2) is 67.8 Å². The molecule has 0 saturated carbocycles. The zero-order valence-corrected chi connectivity index (χ0v) is 16.1. The molecule has 1 fully saturated rings. The molecule has 1 saturated heterocycles. The van der Waals surface area contributed by atoms with Gasteiger partial charge in [-0.15, -0.1) is 0 Å². The fourth-order valence-corrected chi connectivity index (χ4v) is 3.50. The van der Waals surface area contributed by atoms with Gasteiger partial charge in [-0.25, -0.2) is 4.98 Å². The van der Waals surface area contributed by atoms with E-state index in [1.807, 2.05) is 17.0 Å². The van der Waals surface area contributed by atoms with E-state index < -0.39 is 0 Å². The first-order valence-electron chi connectivity index (χ1n) is 9.48. The van der Waals surface area contributed by atoms with Crippen LogP contribution in [0.25, 0.3) is 10.9 Å². The van der Waals surface area contributed by atoms with Gasteiger partial charge in [-0.1, -0.05) is 0 Å². The van der Waals surface area contributed by atoms with Crippen molar-refractivity contribution in [2.75, 3.05) is 52.4 Å². The van der Waals surface area contributed by atoms with Crippen LogP contribution in [-0.2, 0) is 14.3 Å². The van der Waals surface area contributed by atoms with Crippen LogP contribution in [0.3, 0.4) is 0 Å². The number of pyridine rings is 2. The average Bonchev–Trinajstić information content (AvgIpc) is 2.72. The Morgan fingerprint density at radius 2 is 2.19 bits per heavy atom. The number of nitrogens with one attached hydrogen (secondary N) is 1. The monoisotopic (exact) mass is 372 g/mol. The molecule has 2 aromatic heterocycles. The van der Waals surface area contributed by atoms with Gasteiger partial charge in [-0.2, -0.15) is 0 Å². The van der Waals surface area contributed by atoms with E-state index in [-0.39, 0.29) is 11.8 Å². The highest BCUT2D eigenvalue weighted by atomic mass is 16.5. The van der Waals surface area contributed by atoms with Crippen LogP contribution in [0.4, 0.5) is 5.82 Å². The van der Waals surface area contributed by atoms with Crippen molar-refractivity contribution in [1.82, 2.24) is 14.9 Å². The summed E-state index contributed by atoms with van der Waals surface area (Å²) in [5.74, 6) is 1.20. The predicted octanol–water partition coefficient (Wildman–Crippen LogP) is 2.43. The Kier molecular flexibility index (Phi) is 6.95. The number of ether oxygens (including phenoxy) is 2. The first-order valence-corrected chi connectivity index (χ1v) is 9.48. The van der Waals surface area contributed by atoms with Gasteiger partial charge in [0, 0.05) is 57.0 Å². The van der Waals surface area contributed by atoms with Gasteiger partial charge in [-0.3, -0.25) is 9.78 Å². The number of amides is 1. The van der Waals surface area contributed by atoms with Gasteiger partial charge in [0.05, 0.1) is 25.2 Å². The maximum absolute atomic E-state index is 12.4. The second kappa shape index (κ2) is 9.62. The quantitative estimate of drug-likeness (QED) is 0.717. The molecule has 7 nitrogen and oxygen atoms in total. The van der Waals surface area contributed by atoms with Crippen LogP contribution in [0.2, 0.25) is 0 Å². The average molecular weight is 372 g/mol. The number of fused-ring (bicyclic) bond motifs is 1. The number of carbonyl (C=O) groups excluding carboxylic acids is 1. The molecule has 146 valence electrons. The minimum absolute atomic E-state index is 0.152. The molecule has 3 rings (SSSR count). The zero-order valence-electron chi connectivity index (χ0n) is 16.1. The van der Waals surface area contributed by atoms with Crippen LogP contribution < -0.4 is 5.32 Å². The molecule has 1 aliphatic rings. The van der Waals surface area contributed by atoms with E-state index in [9.17, 15) is 4.79 Å². The van der Waals surface area contributed by atoms with Gasteiger partial charge in [0.1, 0.15) is 5.82 Å². The molecular formula is C20H28N4O3. The minimum atomic E-state index is 0.152. The molecule has 0 spiro atoms. The summed E-state index contributed by atoms with van der Waals surface area (Å²) in [7, 11) is 3.30. The van der Waals surface area contributed by atoms with Crippen LogP contribution in [0.1, 0.15) is 30.9 Å². The first kappa shape index (κ1) is 19.5. The smallest absolute Gasteiger partial charge is 0.224 e.